The molecule has 0 bridgehead atoms. The first-order valence-electron chi connectivity index (χ1n) is 5.39. The van der Waals surface area contributed by atoms with Crippen LogP contribution in [-0.4, -0.2) is 20.9 Å². The normalized spacial score (nSPS) is 10.7. The highest BCUT2D eigenvalue weighted by molar-refractivity contribution is 7.99. The highest BCUT2D eigenvalue weighted by Gasteiger charge is 2.15. The molecule has 0 amide bonds. The number of aromatic carboxylic acids is 1. The standard InChI is InChI=1S/C12H12FN3O2S/c1-6-3-11(16(2)15-6)19-10-5-8(13)7(12(17)18)4-9(10)14/h3-5H,14H2,1-2H3,(H,17,18). The van der Waals surface area contributed by atoms with Crippen molar-refractivity contribution < 1.29 is 14.3 Å². The first kappa shape index (κ1) is 13.4. The highest BCUT2D eigenvalue weighted by Crippen LogP contribution is 2.33. The number of aromatic nitrogens is 2. The van der Waals surface area contributed by atoms with E-state index in [-0.39, 0.29) is 5.69 Å². The van der Waals surface area contributed by atoms with Gasteiger partial charge in [-0.25, -0.2) is 9.18 Å². The van der Waals surface area contributed by atoms with Gasteiger partial charge in [0, 0.05) is 17.6 Å². The molecule has 0 fully saturated rings. The van der Waals surface area contributed by atoms with E-state index in [0.29, 0.717) is 4.90 Å². The van der Waals surface area contributed by atoms with Gasteiger partial charge < -0.3 is 10.8 Å². The number of nitrogen functional groups attached to an aromatic ring is 1. The minimum atomic E-state index is -1.34. The summed E-state index contributed by atoms with van der Waals surface area (Å²) in [6.07, 6.45) is 0. The number of anilines is 1. The first-order valence-corrected chi connectivity index (χ1v) is 6.21. The second kappa shape index (κ2) is 4.93. The maximum atomic E-state index is 13.6. The van der Waals surface area contributed by atoms with E-state index in [1.165, 1.54) is 11.8 Å². The molecule has 0 aliphatic rings. The van der Waals surface area contributed by atoms with Crippen molar-refractivity contribution in [3.8, 4) is 0 Å². The van der Waals surface area contributed by atoms with Crippen molar-refractivity contribution in [2.75, 3.05) is 5.73 Å². The van der Waals surface area contributed by atoms with E-state index in [1.54, 1.807) is 11.7 Å². The van der Waals surface area contributed by atoms with Gasteiger partial charge in [0.1, 0.15) is 5.82 Å². The van der Waals surface area contributed by atoms with Crippen molar-refractivity contribution in [2.24, 2.45) is 7.05 Å². The third kappa shape index (κ3) is 2.70. The van der Waals surface area contributed by atoms with E-state index < -0.39 is 17.3 Å². The molecule has 19 heavy (non-hydrogen) atoms. The average Bonchev–Trinajstić information content (AvgIpc) is 2.61. The number of rotatable bonds is 3. The smallest absolute Gasteiger partial charge is 0.338 e. The molecular formula is C12H12FN3O2S. The number of carboxylic acid groups (broad SMARTS) is 1. The summed E-state index contributed by atoms with van der Waals surface area (Å²) in [6.45, 7) is 1.85. The lowest BCUT2D eigenvalue weighted by molar-refractivity contribution is 0.0692. The first-order chi connectivity index (χ1) is 8.88. The Hall–Kier alpha value is -2.02. The van der Waals surface area contributed by atoms with Gasteiger partial charge in [-0.3, -0.25) is 4.68 Å². The Morgan fingerprint density at radius 2 is 2.16 bits per heavy atom. The molecule has 1 aromatic heterocycles. The second-order valence-electron chi connectivity index (χ2n) is 4.02. The van der Waals surface area contributed by atoms with Crippen LogP contribution < -0.4 is 5.73 Å². The fourth-order valence-electron chi connectivity index (χ4n) is 1.62. The van der Waals surface area contributed by atoms with Crippen LogP contribution in [0.25, 0.3) is 0 Å². The van der Waals surface area contributed by atoms with Gasteiger partial charge in [0.25, 0.3) is 0 Å². The molecule has 0 saturated carbocycles. The van der Waals surface area contributed by atoms with Gasteiger partial charge in [-0.05, 0) is 25.1 Å². The van der Waals surface area contributed by atoms with E-state index >= 15 is 0 Å². The molecule has 0 spiro atoms. The van der Waals surface area contributed by atoms with E-state index in [0.717, 1.165) is 22.9 Å². The predicted octanol–water partition coefficient (Wildman–Crippen LogP) is 2.30. The van der Waals surface area contributed by atoms with E-state index in [1.807, 2.05) is 13.0 Å². The monoisotopic (exact) mass is 281 g/mol. The zero-order valence-corrected chi connectivity index (χ0v) is 11.2. The molecule has 0 unspecified atom stereocenters. The van der Waals surface area contributed by atoms with Crippen LogP contribution in [0.4, 0.5) is 10.1 Å². The Bertz CT molecular complexity index is 655. The summed E-state index contributed by atoms with van der Waals surface area (Å²) in [7, 11) is 1.77. The summed E-state index contributed by atoms with van der Waals surface area (Å²) in [5.74, 6) is -2.14. The quantitative estimate of drug-likeness (QED) is 0.844. The lowest BCUT2D eigenvalue weighted by Crippen LogP contribution is -2.03. The number of nitrogens with zero attached hydrogens (tertiary/aromatic N) is 2. The molecule has 0 atom stereocenters. The molecular weight excluding hydrogens is 269 g/mol. The van der Waals surface area contributed by atoms with Crippen LogP contribution in [-0.2, 0) is 7.05 Å². The largest absolute Gasteiger partial charge is 0.478 e. The van der Waals surface area contributed by atoms with Crippen molar-refractivity contribution in [1.29, 1.82) is 0 Å². The number of carbonyl (C=O) groups is 1. The summed E-state index contributed by atoms with van der Waals surface area (Å²) in [4.78, 5) is 11.2. The third-order valence-corrected chi connectivity index (χ3v) is 3.67. The fraction of sp³-hybridized carbons (Fsp3) is 0.167. The number of halogens is 1. The van der Waals surface area contributed by atoms with Crippen LogP contribution >= 0.6 is 11.8 Å². The van der Waals surface area contributed by atoms with Crippen LogP contribution in [0.15, 0.2) is 28.1 Å². The molecule has 2 rings (SSSR count). The molecule has 2 aromatic rings. The van der Waals surface area contributed by atoms with Gasteiger partial charge in [-0.15, -0.1) is 0 Å². The third-order valence-electron chi connectivity index (χ3n) is 2.50. The maximum absolute atomic E-state index is 13.6. The Morgan fingerprint density at radius 1 is 1.47 bits per heavy atom. The van der Waals surface area contributed by atoms with E-state index in [2.05, 4.69) is 5.10 Å². The van der Waals surface area contributed by atoms with Crippen LogP contribution in [0.2, 0.25) is 0 Å². The zero-order valence-electron chi connectivity index (χ0n) is 10.3. The van der Waals surface area contributed by atoms with Gasteiger partial charge in [-0.1, -0.05) is 11.8 Å². The van der Waals surface area contributed by atoms with Crippen molar-refractivity contribution in [1.82, 2.24) is 9.78 Å². The summed E-state index contributed by atoms with van der Waals surface area (Å²) in [5, 5.41) is 13.8. The summed E-state index contributed by atoms with van der Waals surface area (Å²) in [5.41, 5.74) is 6.39. The SMILES string of the molecule is Cc1cc(Sc2cc(F)c(C(=O)O)cc2N)n(C)n1. The molecule has 1 aromatic carbocycles. The van der Waals surface area contributed by atoms with Crippen molar-refractivity contribution in [2.45, 2.75) is 16.8 Å². The Morgan fingerprint density at radius 3 is 2.68 bits per heavy atom. The van der Waals surface area contributed by atoms with Gasteiger partial charge in [-0.2, -0.15) is 5.10 Å². The molecule has 0 aliphatic carbocycles. The number of hydrogen-bond acceptors (Lipinski definition) is 4. The van der Waals surface area contributed by atoms with Crippen LogP contribution in [0.3, 0.4) is 0 Å². The molecule has 0 radical (unpaired) electrons. The summed E-state index contributed by atoms with van der Waals surface area (Å²) in [6, 6.07) is 4.10. The van der Waals surface area contributed by atoms with Gasteiger partial charge in [0.15, 0.2) is 0 Å². The Balaban J connectivity index is 2.39. The molecule has 0 saturated heterocycles. The minimum absolute atomic E-state index is 0.225. The average molecular weight is 281 g/mol. The van der Waals surface area contributed by atoms with Crippen LogP contribution in [0.5, 0.6) is 0 Å². The summed E-state index contributed by atoms with van der Waals surface area (Å²) >= 11 is 1.24. The minimum Gasteiger partial charge on any atom is -0.478 e. The fourth-order valence-corrected chi connectivity index (χ4v) is 2.59. The molecule has 7 heteroatoms. The van der Waals surface area contributed by atoms with Crippen molar-refractivity contribution in [3.63, 3.8) is 0 Å². The van der Waals surface area contributed by atoms with Crippen molar-refractivity contribution in [3.05, 3.63) is 35.3 Å². The zero-order chi connectivity index (χ0) is 14.2. The maximum Gasteiger partial charge on any atom is 0.338 e. The number of hydrogen-bond donors (Lipinski definition) is 2. The van der Waals surface area contributed by atoms with Crippen LogP contribution in [0, 0.1) is 12.7 Å². The van der Waals surface area contributed by atoms with E-state index in [4.69, 9.17) is 10.8 Å². The molecule has 3 N–H and O–H groups in total. The van der Waals surface area contributed by atoms with Gasteiger partial charge >= 0.3 is 5.97 Å². The predicted molar refractivity (Wildman–Crippen MR) is 69.8 cm³/mol. The number of aryl methyl sites for hydroxylation is 2. The number of nitrogens with two attached hydrogens (primary N) is 1. The van der Waals surface area contributed by atoms with Crippen LogP contribution in [0.1, 0.15) is 16.1 Å². The second-order valence-corrected chi connectivity index (χ2v) is 5.09. The number of carboxylic acids is 1. The molecule has 5 nitrogen and oxygen atoms in total. The summed E-state index contributed by atoms with van der Waals surface area (Å²) < 4.78 is 15.3. The Labute approximate surface area is 113 Å². The Kier molecular flexibility index (Phi) is 3.48. The highest BCUT2D eigenvalue weighted by atomic mass is 32.2. The van der Waals surface area contributed by atoms with Gasteiger partial charge in [0.05, 0.1) is 16.3 Å². The topological polar surface area (TPSA) is 81.1 Å². The van der Waals surface area contributed by atoms with Gasteiger partial charge in [0.2, 0.25) is 0 Å². The molecule has 1 heterocycles. The molecule has 0 aliphatic heterocycles. The molecule has 100 valence electrons. The lowest BCUT2D eigenvalue weighted by atomic mass is 10.2. The van der Waals surface area contributed by atoms with E-state index in [9.17, 15) is 9.18 Å². The number of benzene rings is 1. The van der Waals surface area contributed by atoms with Crippen molar-refractivity contribution >= 4 is 23.4 Å². The lowest BCUT2D eigenvalue weighted by Gasteiger charge is -2.07.